The molecule has 5 nitrogen and oxygen atoms in total. The molecule has 0 bridgehead atoms. The van der Waals surface area contributed by atoms with Crippen molar-refractivity contribution in [1.29, 1.82) is 0 Å². The highest BCUT2D eigenvalue weighted by atomic mass is 16.2. The van der Waals surface area contributed by atoms with E-state index in [4.69, 9.17) is 5.10 Å². The van der Waals surface area contributed by atoms with Crippen molar-refractivity contribution < 1.29 is 4.79 Å². The topological polar surface area (TPSA) is 41.4 Å². The number of allylic oxidation sites excluding steroid dienone is 1. The maximum absolute atomic E-state index is 13.2. The molecule has 1 aliphatic carbocycles. The molecule has 0 spiro atoms. The molecule has 0 unspecified atom stereocenters. The summed E-state index contributed by atoms with van der Waals surface area (Å²) >= 11 is 0. The molecule has 1 saturated heterocycles. The normalized spacial score (nSPS) is 20.5. The van der Waals surface area contributed by atoms with Gasteiger partial charge in [-0.05, 0) is 51.5 Å². The van der Waals surface area contributed by atoms with E-state index in [0.29, 0.717) is 24.2 Å². The minimum absolute atomic E-state index is 0.135. The van der Waals surface area contributed by atoms with Crippen LogP contribution in [0.25, 0.3) is 0 Å². The second kappa shape index (κ2) is 8.38. The highest BCUT2D eigenvalue weighted by Crippen LogP contribution is 2.29. The van der Waals surface area contributed by atoms with Gasteiger partial charge in [0.15, 0.2) is 5.69 Å². The summed E-state index contributed by atoms with van der Waals surface area (Å²) in [6.07, 6.45) is 8.40. The molecule has 1 aliphatic heterocycles. The first kappa shape index (κ1) is 19.2. The second-order valence-electron chi connectivity index (χ2n) is 8.33. The molecule has 0 saturated carbocycles. The summed E-state index contributed by atoms with van der Waals surface area (Å²) in [6.45, 7) is 11.9. The van der Waals surface area contributed by atoms with Gasteiger partial charge in [0.2, 0.25) is 0 Å². The summed E-state index contributed by atoms with van der Waals surface area (Å²) in [5, 5.41) is 4.75. The van der Waals surface area contributed by atoms with E-state index in [0.717, 1.165) is 51.7 Å². The molecule has 1 aromatic heterocycles. The maximum atomic E-state index is 13.2. The molecule has 1 fully saturated rings. The van der Waals surface area contributed by atoms with Gasteiger partial charge in [0, 0.05) is 36.9 Å². The van der Waals surface area contributed by atoms with E-state index in [9.17, 15) is 4.79 Å². The molecule has 144 valence electrons. The third-order valence-corrected chi connectivity index (χ3v) is 5.74. The molecule has 1 amide bonds. The first-order valence-electron chi connectivity index (χ1n) is 10.2. The van der Waals surface area contributed by atoms with E-state index < -0.39 is 0 Å². The van der Waals surface area contributed by atoms with Crippen LogP contribution in [0.2, 0.25) is 0 Å². The number of carbonyl (C=O) groups excluding carboxylic acids is 1. The highest BCUT2D eigenvalue weighted by molar-refractivity contribution is 5.94. The zero-order valence-electron chi connectivity index (χ0n) is 16.7. The average molecular weight is 359 g/mol. The second-order valence-corrected chi connectivity index (χ2v) is 8.33. The van der Waals surface area contributed by atoms with E-state index in [1.54, 1.807) is 0 Å². The lowest BCUT2D eigenvalue weighted by atomic mass is 9.89. The maximum Gasteiger partial charge on any atom is 0.274 e. The van der Waals surface area contributed by atoms with Crippen molar-refractivity contribution in [1.82, 2.24) is 19.6 Å². The molecule has 2 heterocycles. The third-order valence-electron chi connectivity index (χ3n) is 5.74. The zero-order valence-corrected chi connectivity index (χ0v) is 16.7. The summed E-state index contributed by atoms with van der Waals surface area (Å²) in [5.41, 5.74) is 3.14. The predicted molar refractivity (Wildman–Crippen MR) is 105 cm³/mol. The van der Waals surface area contributed by atoms with Gasteiger partial charge in [-0.15, -0.1) is 6.58 Å². The van der Waals surface area contributed by atoms with Gasteiger partial charge in [-0.25, -0.2) is 0 Å². The number of fused-ring (bicyclic) bond motifs is 1. The number of nitrogens with zero attached hydrogens (tertiary/aromatic N) is 4. The van der Waals surface area contributed by atoms with Gasteiger partial charge in [0.25, 0.3) is 5.91 Å². The minimum Gasteiger partial charge on any atom is -0.337 e. The fraction of sp³-hybridized carbons (Fsp3) is 0.714. The molecule has 1 aromatic rings. The van der Waals surface area contributed by atoms with Crippen molar-refractivity contribution in [2.24, 2.45) is 5.92 Å². The third kappa shape index (κ3) is 4.03. The number of carbonyl (C=O) groups is 1. The Morgan fingerprint density at radius 2 is 2.08 bits per heavy atom. The summed E-state index contributed by atoms with van der Waals surface area (Å²) in [7, 11) is 2.22. The number of hydrogen-bond acceptors (Lipinski definition) is 3. The van der Waals surface area contributed by atoms with Crippen LogP contribution in [-0.2, 0) is 19.4 Å². The van der Waals surface area contributed by atoms with Crippen LogP contribution in [0.5, 0.6) is 0 Å². The average Bonchev–Trinajstić information content (AvgIpc) is 2.99. The number of likely N-dealkylation sites (tertiary alicyclic amines) is 1. The SMILES string of the molecule is C=CCn1nc(C(=O)N2CCCCC2)c2c1CC[C@H](N(C)CC(C)C)C2. The van der Waals surface area contributed by atoms with E-state index in [-0.39, 0.29) is 5.91 Å². The van der Waals surface area contributed by atoms with Crippen LogP contribution in [0.3, 0.4) is 0 Å². The van der Waals surface area contributed by atoms with Crippen molar-refractivity contribution in [2.75, 3.05) is 26.7 Å². The summed E-state index contributed by atoms with van der Waals surface area (Å²) in [5.74, 6) is 0.787. The number of rotatable bonds is 6. The number of amides is 1. The molecule has 3 rings (SSSR count). The number of piperidine rings is 1. The molecule has 0 N–H and O–H groups in total. The van der Waals surface area contributed by atoms with Gasteiger partial charge in [-0.3, -0.25) is 9.48 Å². The quantitative estimate of drug-likeness (QED) is 0.734. The van der Waals surface area contributed by atoms with Gasteiger partial charge in [0.1, 0.15) is 0 Å². The Labute approximate surface area is 158 Å². The Balaban J connectivity index is 1.86. The standard InChI is InChI=1S/C21H34N4O/c1-5-11-25-19-10-9-17(23(4)15-16(2)3)14-18(19)20(22-25)21(26)24-12-7-6-8-13-24/h5,16-17H,1,6-15H2,2-4H3/t17-/m0/s1. The van der Waals surface area contributed by atoms with Crippen molar-refractivity contribution in [3.63, 3.8) is 0 Å². The molecule has 0 radical (unpaired) electrons. The monoisotopic (exact) mass is 358 g/mol. The molecular formula is C21H34N4O. The Morgan fingerprint density at radius 1 is 1.35 bits per heavy atom. The van der Waals surface area contributed by atoms with E-state index in [1.165, 1.54) is 17.7 Å². The Kier molecular flexibility index (Phi) is 6.17. The van der Waals surface area contributed by atoms with Crippen molar-refractivity contribution in [3.05, 3.63) is 29.6 Å². The smallest absolute Gasteiger partial charge is 0.274 e. The molecule has 26 heavy (non-hydrogen) atoms. The van der Waals surface area contributed by atoms with E-state index in [2.05, 4.69) is 32.4 Å². The first-order valence-corrected chi connectivity index (χ1v) is 10.2. The van der Waals surface area contributed by atoms with Gasteiger partial charge in [0.05, 0.1) is 6.54 Å². The molecule has 2 aliphatic rings. The van der Waals surface area contributed by atoms with Crippen LogP contribution in [0, 0.1) is 5.92 Å². The van der Waals surface area contributed by atoms with Gasteiger partial charge in [-0.1, -0.05) is 19.9 Å². The van der Waals surface area contributed by atoms with Gasteiger partial charge in [-0.2, -0.15) is 5.10 Å². The van der Waals surface area contributed by atoms with Crippen LogP contribution in [0.1, 0.15) is 61.3 Å². The van der Waals surface area contributed by atoms with Crippen LogP contribution in [0.15, 0.2) is 12.7 Å². The summed E-state index contributed by atoms with van der Waals surface area (Å²) in [4.78, 5) is 17.6. The summed E-state index contributed by atoms with van der Waals surface area (Å²) in [6, 6.07) is 0.499. The molecular weight excluding hydrogens is 324 g/mol. The van der Waals surface area contributed by atoms with Crippen LogP contribution in [0.4, 0.5) is 0 Å². The Bertz CT molecular complexity index is 643. The lowest BCUT2D eigenvalue weighted by molar-refractivity contribution is 0.0715. The van der Waals surface area contributed by atoms with Gasteiger partial charge < -0.3 is 9.80 Å². The van der Waals surface area contributed by atoms with Crippen LogP contribution in [-0.4, -0.2) is 58.2 Å². The molecule has 0 aromatic carbocycles. The van der Waals surface area contributed by atoms with Crippen molar-refractivity contribution in [3.8, 4) is 0 Å². The zero-order chi connectivity index (χ0) is 18.7. The lowest BCUT2D eigenvalue weighted by Gasteiger charge is -2.33. The fourth-order valence-electron chi connectivity index (χ4n) is 4.46. The van der Waals surface area contributed by atoms with E-state index in [1.807, 2.05) is 15.7 Å². The van der Waals surface area contributed by atoms with E-state index >= 15 is 0 Å². The summed E-state index contributed by atoms with van der Waals surface area (Å²) < 4.78 is 2.01. The number of hydrogen-bond donors (Lipinski definition) is 0. The highest BCUT2D eigenvalue weighted by Gasteiger charge is 2.32. The van der Waals surface area contributed by atoms with Crippen molar-refractivity contribution >= 4 is 5.91 Å². The van der Waals surface area contributed by atoms with Gasteiger partial charge >= 0.3 is 0 Å². The number of likely N-dealkylation sites (N-methyl/N-ethyl adjacent to an activating group) is 1. The lowest BCUT2D eigenvalue weighted by Crippen LogP contribution is -2.40. The largest absolute Gasteiger partial charge is 0.337 e. The van der Waals surface area contributed by atoms with Crippen LogP contribution < -0.4 is 0 Å². The van der Waals surface area contributed by atoms with Crippen molar-refractivity contribution in [2.45, 2.75) is 65.0 Å². The number of aromatic nitrogens is 2. The first-order chi connectivity index (χ1) is 12.5. The molecule has 1 atom stereocenters. The molecule has 5 heteroatoms. The fourth-order valence-corrected chi connectivity index (χ4v) is 4.46. The minimum atomic E-state index is 0.135. The Hall–Kier alpha value is -1.62. The predicted octanol–water partition coefficient (Wildman–Crippen LogP) is 3.14. The Morgan fingerprint density at radius 3 is 2.73 bits per heavy atom. The van der Waals surface area contributed by atoms with Crippen LogP contribution >= 0.6 is 0 Å².